The van der Waals surface area contributed by atoms with E-state index in [4.69, 9.17) is 10.2 Å². The number of piperazine rings is 1. The highest BCUT2D eigenvalue weighted by Crippen LogP contribution is 2.24. The lowest BCUT2D eigenvalue weighted by atomic mass is 10.1. The fourth-order valence-electron chi connectivity index (χ4n) is 3.48. The predicted octanol–water partition coefficient (Wildman–Crippen LogP) is 1.80. The fourth-order valence-corrected chi connectivity index (χ4v) is 3.48. The molecular weight excluding hydrogens is 238 g/mol. The summed E-state index contributed by atoms with van der Waals surface area (Å²) in [7, 11) is 0. The Morgan fingerprint density at radius 2 is 1.89 bits per heavy atom. The van der Waals surface area contributed by atoms with Gasteiger partial charge in [0.15, 0.2) is 0 Å². The summed E-state index contributed by atoms with van der Waals surface area (Å²) in [6.45, 7) is 6.28. The molecule has 0 aromatic carbocycles. The van der Waals surface area contributed by atoms with Crippen LogP contribution in [0.25, 0.3) is 0 Å². The van der Waals surface area contributed by atoms with Crippen LogP contribution in [0.5, 0.6) is 0 Å². The third kappa shape index (κ3) is 3.02. The van der Waals surface area contributed by atoms with Gasteiger partial charge in [-0.1, -0.05) is 12.8 Å². The lowest BCUT2D eigenvalue weighted by Gasteiger charge is -2.38. The third-order valence-electron chi connectivity index (χ3n) is 4.67. The molecule has 0 amide bonds. The van der Waals surface area contributed by atoms with E-state index in [1.54, 1.807) is 6.26 Å². The maximum Gasteiger partial charge on any atom is 0.121 e. The van der Waals surface area contributed by atoms with Crippen LogP contribution < -0.4 is 5.73 Å². The maximum atomic E-state index is 5.68. The van der Waals surface area contributed by atoms with Gasteiger partial charge in [-0.15, -0.1) is 0 Å². The largest absolute Gasteiger partial charge is 0.468 e. The topological polar surface area (TPSA) is 45.6 Å². The summed E-state index contributed by atoms with van der Waals surface area (Å²) < 4.78 is 5.40. The Kier molecular flexibility index (Phi) is 4.21. The van der Waals surface area contributed by atoms with Gasteiger partial charge in [-0.3, -0.25) is 9.80 Å². The van der Waals surface area contributed by atoms with Crippen molar-refractivity contribution in [2.45, 2.75) is 44.8 Å². The van der Waals surface area contributed by atoms with Crippen LogP contribution in [0.2, 0.25) is 0 Å². The quantitative estimate of drug-likeness (QED) is 0.900. The van der Waals surface area contributed by atoms with Crippen LogP contribution in [0.15, 0.2) is 16.7 Å². The van der Waals surface area contributed by atoms with Crippen LogP contribution in [0.4, 0.5) is 0 Å². The van der Waals surface area contributed by atoms with E-state index in [9.17, 15) is 0 Å². The fraction of sp³-hybridized carbons (Fsp3) is 0.733. The van der Waals surface area contributed by atoms with E-state index < -0.39 is 0 Å². The molecule has 2 heterocycles. The summed E-state index contributed by atoms with van der Waals surface area (Å²) in [6.07, 6.45) is 7.45. The minimum atomic E-state index is 0.504. The van der Waals surface area contributed by atoms with Crippen molar-refractivity contribution in [1.82, 2.24) is 9.80 Å². The molecule has 0 spiro atoms. The van der Waals surface area contributed by atoms with E-state index in [0.717, 1.165) is 18.3 Å². The maximum absolute atomic E-state index is 5.68. The Labute approximate surface area is 115 Å². The summed E-state index contributed by atoms with van der Waals surface area (Å²) >= 11 is 0. The third-order valence-corrected chi connectivity index (χ3v) is 4.67. The minimum Gasteiger partial charge on any atom is -0.468 e. The zero-order valence-electron chi connectivity index (χ0n) is 11.7. The van der Waals surface area contributed by atoms with Gasteiger partial charge in [-0.25, -0.2) is 0 Å². The lowest BCUT2D eigenvalue weighted by Crippen LogP contribution is -2.49. The van der Waals surface area contributed by atoms with Crippen molar-refractivity contribution in [2.24, 2.45) is 5.73 Å². The molecule has 1 aromatic heterocycles. The zero-order chi connectivity index (χ0) is 13.1. The molecule has 1 aromatic rings. The van der Waals surface area contributed by atoms with Gasteiger partial charge in [0.1, 0.15) is 5.76 Å². The second-order valence-corrected chi connectivity index (χ2v) is 5.82. The first-order chi connectivity index (χ1) is 9.36. The number of hydrogen-bond donors (Lipinski definition) is 1. The van der Waals surface area contributed by atoms with Crippen LogP contribution in [-0.2, 0) is 13.1 Å². The van der Waals surface area contributed by atoms with Gasteiger partial charge in [0.25, 0.3) is 0 Å². The summed E-state index contributed by atoms with van der Waals surface area (Å²) in [6, 6.07) is 2.93. The first-order valence-electron chi connectivity index (χ1n) is 7.58. The van der Waals surface area contributed by atoms with E-state index in [1.165, 1.54) is 57.4 Å². The van der Waals surface area contributed by atoms with Gasteiger partial charge in [0, 0.05) is 44.3 Å². The summed E-state index contributed by atoms with van der Waals surface area (Å²) in [4.78, 5) is 5.22. The predicted molar refractivity (Wildman–Crippen MR) is 75.7 cm³/mol. The SMILES string of the molecule is NCc1occc1CN1CCN(C2CCCC2)CC1. The van der Waals surface area contributed by atoms with Gasteiger partial charge < -0.3 is 10.2 Å². The molecule has 106 valence electrons. The molecule has 1 aliphatic carbocycles. The van der Waals surface area contributed by atoms with Gasteiger partial charge >= 0.3 is 0 Å². The second-order valence-electron chi connectivity index (χ2n) is 5.82. The minimum absolute atomic E-state index is 0.504. The number of furan rings is 1. The number of rotatable bonds is 4. The highest BCUT2D eigenvalue weighted by Gasteiger charge is 2.26. The van der Waals surface area contributed by atoms with Gasteiger partial charge in [0.05, 0.1) is 12.8 Å². The molecule has 0 atom stereocenters. The Morgan fingerprint density at radius 1 is 1.16 bits per heavy atom. The Bertz CT molecular complexity index is 390. The highest BCUT2D eigenvalue weighted by molar-refractivity contribution is 5.16. The van der Waals surface area contributed by atoms with Crippen molar-refractivity contribution >= 4 is 0 Å². The van der Waals surface area contributed by atoms with E-state index in [-0.39, 0.29) is 0 Å². The average Bonchev–Trinajstić information content (AvgIpc) is 3.10. The van der Waals surface area contributed by atoms with E-state index in [2.05, 4.69) is 15.9 Å². The normalized spacial score (nSPS) is 23.2. The molecule has 0 bridgehead atoms. The Morgan fingerprint density at radius 3 is 2.58 bits per heavy atom. The number of nitrogens with zero attached hydrogens (tertiary/aromatic N) is 2. The molecule has 19 heavy (non-hydrogen) atoms. The first kappa shape index (κ1) is 13.2. The molecule has 0 radical (unpaired) electrons. The van der Waals surface area contributed by atoms with Crippen molar-refractivity contribution < 1.29 is 4.42 Å². The standard InChI is InChI=1S/C15H25N3O/c16-11-15-13(5-10-19-15)12-17-6-8-18(9-7-17)14-3-1-2-4-14/h5,10,14H,1-4,6-9,11-12,16H2. The molecule has 1 saturated carbocycles. The molecule has 1 saturated heterocycles. The molecule has 2 N–H and O–H groups in total. The van der Waals surface area contributed by atoms with Gasteiger partial charge in [0.2, 0.25) is 0 Å². The van der Waals surface area contributed by atoms with Crippen LogP contribution >= 0.6 is 0 Å². The van der Waals surface area contributed by atoms with Crippen molar-refractivity contribution in [3.05, 3.63) is 23.7 Å². The van der Waals surface area contributed by atoms with Gasteiger partial charge in [-0.2, -0.15) is 0 Å². The smallest absolute Gasteiger partial charge is 0.121 e. The molecule has 4 nitrogen and oxygen atoms in total. The van der Waals surface area contributed by atoms with Crippen LogP contribution in [0, 0.1) is 0 Å². The summed E-state index contributed by atoms with van der Waals surface area (Å²) in [5.41, 5.74) is 6.95. The van der Waals surface area contributed by atoms with Crippen molar-refractivity contribution in [3.8, 4) is 0 Å². The lowest BCUT2D eigenvalue weighted by molar-refractivity contribution is 0.0933. The van der Waals surface area contributed by atoms with Gasteiger partial charge in [-0.05, 0) is 18.9 Å². The Hall–Kier alpha value is -0.840. The molecule has 1 aliphatic heterocycles. The summed E-state index contributed by atoms with van der Waals surface area (Å²) in [5.74, 6) is 0.943. The Balaban J connectivity index is 1.50. The first-order valence-corrected chi connectivity index (χ1v) is 7.58. The van der Waals surface area contributed by atoms with E-state index >= 15 is 0 Å². The average molecular weight is 263 g/mol. The molecule has 2 aliphatic rings. The second kappa shape index (κ2) is 6.07. The highest BCUT2D eigenvalue weighted by atomic mass is 16.3. The van der Waals surface area contributed by atoms with Crippen molar-refractivity contribution in [3.63, 3.8) is 0 Å². The zero-order valence-corrected chi connectivity index (χ0v) is 11.7. The summed E-state index contributed by atoms with van der Waals surface area (Å²) in [5, 5.41) is 0. The van der Waals surface area contributed by atoms with Crippen LogP contribution in [0.1, 0.15) is 37.0 Å². The number of nitrogens with two attached hydrogens (primary N) is 1. The molecule has 4 heteroatoms. The van der Waals surface area contributed by atoms with Crippen molar-refractivity contribution in [1.29, 1.82) is 0 Å². The molecule has 0 unspecified atom stereocenters. The van der Waals surface area contributed by atoms with Crippen molar-refractivity contribution in [2.75, 3.05) is 26.2 Å². The number of hydrogen-bond acceptors (Lipinski definition) is 4. The molecular formula is C15H25N3O. The molecule has 3 rings (SSSR count). The molecule has 2 fully saturated rings. The van der Waals surface area contributed by atoms with E-state index in [1.807, 2.05) is 0 Å². The van der Waals surface area contributed by atoms with Crippen LogP contribution in [-0.4, -0.2) is 42.0 Å². The van der Waals surface area contributed by atoms with Crippen LogP contribution in [0.3, 0.4) is 0 Å². The van der Waals surface area contributed by atoms with E-state index in [0.29, 0.717) is 6.54 Å². The monoisotopic (exact) mass is 263 g/mol.